The van der Waals surface area contributed by atoms with Crippen LogP contribution in [0, 0.1) is 11.6 Å². The number of rotatable bonds is 2. The monoisotopic (exact) mass is 258 g/mol. The molecule has 2 N–H and O–H groups in total. The normalized spacial score (nSPS) is 10.5. The van der Waals surface area contributed by atoms with Crippen molar-refractivity contribution < 1.29 is 18.7 Å². The minimum Gasteiger partial charge on any atom is -0.478 e. The molecule has 88 valence electrons. The zero-order chi connectivity index (χ0) is 12.6. The van der Waals surface area contributed by atoms with E-state index in [1.807, 2.05) is 0 Å². The topological polar surface area (TPSA) is 66.0 Å². The molecule has 2 aromatic rings. The standard InChI is InChI=1S/C10H5ClF2N2O2/c11-9-7(10(16)17)8(14-15-9)5-3-4(12)1-2-6(5)13/h1-3H,(H,14,15)(H,16,17). The Kier molecular flexibility index (Phi) is 2.81. The molecular formula is C10H5ClF2N2O2. The number of nitrogens with zero attached hydrogens (tertiary/aromatic N) is 1. The molecular weight excluding hydrogens is 254 g/mol. The second-order valence-electron chi connectivity index (χ2n) is 3.19. The molecule has 0 aliphatic rings. The highest BCUT2D eigenvalue weighted by Gasteiger charge is 2.22. The number of carboxylic acids is 1. The summed E-state index contributed by atoms with van der Waals surface area (Å²) in [6.45, 7) is 0. The van der Waals surface area contributed by atoms with Gasteiger partial charge in [0.05, 0.1) is 0 Å². The van der Waals surface area contributed by atoms with Crippen LogP contribution in [0.25, 0.3) is 11.3 Å². The Labute approximate surface area is 98.8 Å². The number of carboxylic acid groups (broad SMARTS) is 1. The van der Waals surface area contributed by atoms with Crippen molar-refractivity contribution in [1.82, 2.24) is 10.2 Å². The molecule has 1 aromatic heterocycles. The Morgan fingerprint density at radius 1 is 1.41 bits per heavy atom. The van der Waals surface area contributed by atoms with Gasteiger partial charge in [-0.05, 0) is 18.2 Å². The molecule has 0 saturated carbocycles. The van der Waals surface area contributed by atoms with Crippen molar-refractivity contribution in [3.8, 4) is 11.3 Å². The maximum Gasteiger partial charge on any atom is 0.341 e. The summed E-state index contributed by atoms with van der Waals surface area (Å²) >= 11 is 5.57. The van der Waals surface area contributed by atoms with E-state index in [-0.39, 0.29) is 16.4 Å². The van der Waals surface area contributed by atoms with Crippen molar-refractivity contribution in [3.63, 3.8) is 0 Å². The van der Waals surface area contributed by atoms with E-state index in [2.05, 4.69) is 10.2 Å². The van der Waals surface area contributed by atoms with Crippen molar-refractivity contribution in [1.29, 1.82) is 0 Å². The fourth-order valence-electron chi connectivity index (χ4n) is 1.39. The van der Waals surface area contributed by atoms with E-state index >= 15 is 0 Å². The minimum absolute atomic E-state index is 0.237. The van der Waals surface area contributed by atoms with Gasteiger partial charge in [0, 0.05) is 5.56 Å². The number of hydrogen-bond acceptors (Lipinski definition) is 2. The van der Waals surface area contributed by atoms with E-state index in [0.717, 1.165) is 18.2 Å². The molecule has 0 fully saturated rings. The van der Waals surface area contributed by atoms with Gasteiger partial charge in [0.2, 0.25) is 0 Å². The summed E-state index contributed by atoms with van der Waals surface area (Å²) < 4.78 is 26.4. The lowest BCUT2D eigenvalue weighted by atomic mass is 10.1. The molecule has 17 heavy (non-hydrogen) atoms. The van der Waals surface area contributed by atoms with E-state index in [9.17, 15) is 13.6 Å². The molecule has 0 aliphatic heterocycles. The molecule has 0 amide bonds. The predicted molar refractivity (Wildman–Crippen MR) is 55.9 cm³/mol. The first kappa shape index (κ1) is 11.5. The summed E-state index contributed by atoms with van der Waals surface area (Å²) in [5.74, 6) is -2.85. The van der Waals surface area contributed by atoms with Crippen molar-refractivity contribution in [3.05, 3.63) is 40.6 Å². The summed E-state index contributed by atoms with van der Waals surface area (Å²) in [7, 11) is 0. The lowest BCUT2D eigenvalue weighted by Crippen LogP contribution is -1.99. The minimum atomic E-state index is -1.37. The van der Waals surface area contributed by atoms with E-state index in [1.54, 1.807) is 0 Å². The third-order valence-corrected chi connectivity index (χ3v) is 2.39. The lowest BCUT2D eigenvalue weighted by Gasteiger charge is -2.01. The van der Waals surface area contributed by atoms with Gasteiger partial charge >= 0.3 is 5.97 Å². The van der Waals surface area contributed by atoms with Crippen LogP contribution in [0.5, 0.6) is 0 Å². The number of nitrogens with one attached hydrogen (secondary N) is 1. The van der Waals surface area contributed by atoms with E-state index in [1.165, 1.54) is 0 Å². The molecule has 0 atom stereocenters. The van der Waals surface area contributed by atoms with Crippen LogP contribution in [0.3, 0.4) is 0 Å². The highest BCUT2D eigenvalue weighted by molar-refractivity contribution is 6.33. The van der Waals surface area contributed by atoms with Crippen molar-refractivity contribution >= 4 is 17.6 Å². The number of carbonyl (C=O) groups is 1. The average Bonchev–Trinajstić information content (AvgIpc) is 2.64. The molecule has 0 radical (unpaired) electrons. The van der Waals surface area contributed by atoms with Crippen LogP contribution in [0.15, 0.2) is 18.2 Å². The SMILES string of the molecule is O=C(O)c1c(-c2cc(F)ccc2F)n[nH]c1Cl. The number of benzene rings is 1. The van der Waals surface area contributed by atoms with Gasteiger partial charge in [-0.3, -0.25) is 5.10 Å². The van der Waals surface area contributed by atoms with Crippen LogP contribution in [0.4, 0.5) is 8.78 Å². The van der Waals surface area contributed by atoms with Crippen molar-refractivity contribution in [2.75, 3.05) is 0 Å². The molecule has 1 aromatic carbocycles. The second kappa shape index (κ2) is 4.14. The highest BCUT2D eigenvalue weighted by Crippen LogP contribution is 2.29. The first-order valence-corrected chi connectivity index (χ1v) is 4.81. The molecule has 2 rings (SSSR count). The first-order chi connectivity index (χ1) is 8.00. The Bertz CT molecular complexity index is 598. The van der Waals surface area contributed by atoms with Gasteiger partial charge in [0.25, 0.3) is 0 Å². The summed E-state index contributed by atoms with van der Waals surface area (Å²) in [4.78, 5) is 10.9. The molecule has 0 aliphatic carbocycles. The Morgan fingerprint density at radius 2 is 2.12 bits per heavy atom. The van der Waals surface area contributed by atoms with Gasteiger partial charge in [-0.1, -0.05) is 11.6 Å². The summed E-state index contributed by atoms with van der Waals surface area (Å²) in [6.07, 6.45) is 0. The highest BCUT2D eigenvalue weighted by atomic mass is 35.5. The number of H-pyrrole nitrogens is 1. The zero-order valence-electron chi connectivity index (χ0n) is 8.17. The average molecular weight is 259 g/mol. The number of aromatic amines is 1. The third-order valence-electron chi connectivity index (χ3n) is 2.12. The maximum absolute atomic E-state index is 13.5. The molecule has 0 bridgehead atoms. The van der Waals surface area contributed by atoms with Crippen LogP contribution in [-0.4, -0.2) is 21.3 Å². The predicted octanol–water partition coefficient (Wildman–Crippen LogP) is 2.71. The van der Waals surface area contributed by atoms with Crippen molar-refractivity contribution in [2.45, 2.75) is 0 Å². The Balaban J connectivity index is 2.68. The maximum atomic E-state index is 13.5. The number of halogens is 3. The zero-order valence-corrected chi connectivity index (χ0v) is 8.92. The third kappa shape index (κ3) is 1.99. The number of aromatic carboxylic acids is 1. The quantitative estimate of drug-likeness (QED) is 0.870. The summed E-state index contributed by atoms with van der Waals surface area (Å²) in [5.41, 5.74) is -0.888. The van der Waals surface area contributed by atoms with E-state index in [4.69, 9.17) is 16.7 Å². The number of hydrogen-bond donors (Lipinski definition) is 2. The van der Waals surface area contributed by atoms with E-state index < -0.39 is 23.2 Å². The summed E-state index contributed by atoms with van der Waals surface area (Å²) in [6, 6.07) is 2.67. The smallest absolute Gasteiger partial charge is 0.341 e. The van der Waals surface area contributed by atoms with Crippen LogP contribution in [0.1, 0.15) is 10.4 Å². The van der Waals surface area contributed by atoms with Gasteiger partial charge in [-0.15, -0.1) is 0 Å². The molecule has 0 spiro atoms. The molecule has 0 saturated heterocycles. The second-order valence-corrected chi connectivity index (χ2v) is 3.57. The fourth-order valence-corrected chi connectivity index (χ4v) is 1.60. The fraction of sp³-hybridized carbons (Fsp3) is 0. The lowest BCUT2D eigenvalue weighted by molar-refractivity contribution is 0.0698. The van der Waals surface area contributed by atoms with Gasteiger partial charge in [-0.25, -0.2) is 13.6 Å². The Morgan fingerprint density at radius 3 is 2.76 bits per heavy atom. The largest absolute Gasteiger partial charge is 0.478 e. The summed E-state index contributed by atoms with van der Waals surface area (Å²) in [5, 5.41) is 14.4. The Hall–Kier alpha value is -1.95. The molecule has 1 heterocycles. The van der Waals surface area contributed by atoms with Gasteiger partial charge in [0.1, 0.15) is 28.0 Å². The number of aromatic nitrogens is 2. The van der Waals surface area contributed by atoms with E-state index in [0.29, 0.717) is 0 Å². The van der Waals surface area contributed by atoms with Crippen LogP contribution < -0.4 is 0 Å². The van der Waals surface area contributed by atoms with Crippen LogP contribution in [0.2, 0.25) is 5.15 Å². The van der Waals surface area contributed by atoms with Gasteiger partial charge in [-0.2, -0.15) is 5.10 Å². The van der Waals surface area contributed by atoms with Gasteiger partial charge < -0.3 is 5.11 Å². The molecule has 0 unspecified atom stereocenters. The van der Waals surface area contributed by atoms with Crippen molar-refractivity contribution in [2.24, 2.45) is 0 Å². The molecule has 4 nitrogen and oxygen atoms in total. The van der Waals surface area contributed by atoms with Crippen LogP contribution >= 0.6 is 11.6 Å². The molecule has 7 heteroatoms. The van der Waals surface area contributed by atoms with Gasteiger partial charge in [0.15, 0.2) is 0 Å². The van der Waals surface area contributed by atoms with Crippen LogP contribution in [-0.2, 0) is 0 Å². The first-order valence-electron chi connectivity index (χ1n) is 4.43.